The number of aliphatic hydroxyl groups is 1. The van der Waals surface area contributed by atoms with Crippen LogP contribution in [0.2, 0.25) is 0 Å². The van der Waals surface area contributed by atoms with E-state index in [2.05, 4.69) is 18.3 Å². The number of nitrogens with one attached hydrogen (secondary N) is 1. The Morgan fingerprint density at radius 3 is 2.70 bits per heavy atom. The van der Waals surface area contributed by atoms with Gasteiger partial charge >= 0.3 is 0 Å². The summed E-state index contributed by atoms with van der Waals surface area (Å²) in [7, 11) is 0. The van der Waals surface area contributed by atoms with Crippen LogP contribution in [0.4, 0.5) is 0 Å². The quantitative estimate of drug-likeness (QED) is 0.811. The molecule has 0 aliphatic carbocycles. The average Bonchev–Trinajstić information content (AvgIpc) is 2.73. The van der Waals surface area contributed by atoms with Crippen LogP contribution in [0.1, 0.15) is 44.9 Å². The number of hydrogen-bond acceptors (Lipinski definition) is 3. The fourth-order valence-electron chi connectivity index (χ4n) is 2.38. The molecule has 110 valence electrons. The second kappa shape index (κ2) is 6.42. The number of hydrogen-bond donors (Lipinski definition) is 2. The van der Waals surface area contributed by atoms with Crippen LogP contribution in [0, 0.1) is 0 Å². The molecule has 2 aromatic rings. The summed E-state index contributed by atoms with van der Waals surface area (Å²) in [6, 6.07) is 8.17. The van der Waals surface area contributed by atoms with Crippen molar-refractivity contribution in [3.05, 3.63) is 35.6 Å². The molecule has 0 saturated heterocycles. The fraction of sp³-hybridized carbons (Fsp3) is 0.529. The number of benzene rings is 1. The smallest absolute Gasteiger partial charge is 0.134 e. The van der Waals surface area contributed by atoms with Gasteiger partial charge in [0.15, 0.2) is 0 Å². The van der Waals surface area contributed by atoms with Crippen LogP contribution < -0.4 is 5.32 Å². The Bertz CT molecular complexity index is 552. The van der Waals surface area contributed by atoms with Crippen LogP contribution in [-0.4, -0.2) is 17.3 Å². The maximum atomic E-state index is 9.78. The van der Waals surface area contributed by atoms with E-state index in [9.17, 15) is 5.11 Å². The molecule has 20 heavy (non-hydrogen) atoms. The highest BCUT2D eigenvalue weighted by atomic mass is 16.3. The maximum absolute atomic E-state index is 9.78. The second-order valence-corrected chi connectivity index (χ2v) is 6.02. The van der Waals surface area contributed by atoms with Crippen molar-refractivity contribution in [2.24, 2.45) is 0 Å². The lowest BCUT2D eigenvalue weighted by molar-refractivity contribution is 0.0795. The molecule has 3 nitrogen and oxygen atoms in total. The van der Waals surface area contributed by atoms with Crippen molar-refractivity contribution in [3.8, 4) is 0 Å². The molecule has 0 bridgehead atoms. The first-order chi connectivity index (χ1) is 9.51. The first kappa shape index (κ1) is 15.1. The number of rotatable bonds is 7. The fourth-order valence-corrected chi connectivity index (χ4v) is 2.38. The van der Waals surface area contributed by atoms with Crippen molar-refractivity contribution in [1.29, 1.82) is 0 Å². The predicted molar refractivity (Wildman–Crippen MR) is 82.8 cm³/mol. The van der Waals surface area contributed by atoms with Crippen LogP contribution in [0.15, 0.2) is 28.7 Å². The Morgan fingerprint density at radius 1 is 1.25 bits per heavy atom. The minimum absolute atomic E-state index is 0.569. The Morgan fingerprint density at radius 2 is 2.00 bits per heavy atom. The van der Waals surface area contributed by atoms with Gasteiger partial charge < -0.3 is 14.8 Å². The van der Waals surface area contributed by atoms with Crippen molar-refractivity contribution < 1.29 is 9.52 Å². The summed E-state index contributed by atoms with van der Waals surface area (Å²) in [5.41, 5.74) is 1.50. The van der Waals surface area contributed by atoms with E-state index in [1.54, 1.807) is 0 Å². The molecule has 0 atom stereocenters. The molecule has 0 radical (unpaired) electrons. The molecule has 3 heteroatoms. The molecular formula is C17H25NO2. The van der Waals surface area contributed by atoms with Crippen molar-refractivity contribution in [2.75, 3.05) is 6.54 Å². The molecule has 0 aliphatic rings. The van der Waals surface area contributed by atoms with E-state index in [0.29, 0.717) is 6.54 Å². The summed E-state index contributed by atoms with van der Waals surface area (Å²) in [5, 5.41) is 14.3. The third-order valence-corrected chi connectivity index (χ3v) is 3.40. The molecule has 0 aliphatic heterocycles. The van der Waals surface area contributed by atoms with Gasteiger partial charge in [-0.1, -0.05) is 31.5 Å². The van der Waals surface area contributed by atoms with Crippen LogP contribution in [0.5, 0.6) is 0 Å². The number of fused-ring (bicyclic) bond motifs is 1. The molecule has 2 N–H and O–H groups in total. The summed E-state index contributed by atoms with van der Waals surface area (Å²) < 4.78 is 5.98. The molecular weight excluding hydrogens is 250 g/mol. The molecule has 0 amide bonds. The van der Waals surface area contributed by atoms with Gasteiger partial charge in [0.1, 0.15) is 11.3 Å². The van der Waals surface area contributed by atoms with Crippen LogP contribution in [0.3, 0.4) is 0 Å². The zero-order valence-electron chi connectivity index (χ0n) is 12.7. The van der Waals surface area contributed by atoms with Gasteiger partial charge in [-0.25, -0.2) is 0 Å². The summed E-state index contributed by atoms with van der Waals surface area (Å²) in [6.45, 7) is 7.12. The number of unbranched alkanes of at least 4 members (excludes halogenated alkanes) is 1. The lowest BCUT2D eigenvalue weighted by Gasteiger charge is -2.17. The van der Waals surface area contributed by atoms with E-state index in [1.807, 2.05) is 32.0 Å². The van der Waals surface area contributed by atoms with E-state index < -0.39 is 5.60 Å². The van der Waals surface area contributed by atoms with E-state index in [4.69, 9.17) is 4.42 Å². The summed E-state index contributed by atoms with van der Waals surface area (Å²) in [6.07, 6.45) is 3.27. The lowest BCUT2D eigenvalue weighted by Crippen LogP contribution is -2.34. The molecule has 0 spiro atoms. The molecule has 0 unspecified atom stereocenters. The topological polar surface area (TPSA) is 45.4 Å². The highest BCUT2D eigenvalue weighted by Crippen LogP contribution is 2.27. The van der Waals surface area contributed by atoms with Crippen LogP contribution >= 0.6 is 0 Å². The zero-order chi connectivity index (χ0) is 14.6. The number of aryl methyl sites for hydroxylation is 1. The van der Waals surface area contributed by atoms with E-state index >= 15 is 0 Å². The van der Waals surface area contributed by atoms with Crippen LogP contribution in [-0.2, 0) is 13.0 Å². The average molecular weight is 275 g/mol. The van der Waals surface area contributed by atoms with Gasteiger partial charge in [-0.05, 0) is 26.3 Å². The second-order valence-electron chi connectivity index (χ2n) is 6.02. The Balaban J connectivity index is 2.19. The summed E-state index contributed by atoms with van der Waals surface area (Å²) in [5.74, 6) is 1.08. The lowest BCUT2D eigenvalue weighted by atomic mass is 10.1. The predicted octanol–water partition coefficient (Wildman–Crippen LogP) is 3.64. The number of para-hydroxylation sites is 1. The first-order valence-electron chi connectivity index (χ1n) is 7.43. The van der Waals surface area contributed by atoms with Gasteiger partial charge in [0.05, 0.1) is 5.60 Å². The molecule has 2 rings (SSSR count). The third-order valence-electron chi connectivity index (χ3n) is 3.40. The maximum Gasteiger partial charge on any atom is 0.134 e. The van der Waals surface area contributed by atoms with Crippen molar-refractivity contribution in [1.82, 2.24) is 5.32 Å². The molecule has 1 heterocycles. The molecule has 1 aromatic heterocycles. The molecule has 0 fully saturated rings. The summed E-state index contributed by atoms with van der Waals surface area (Å²) in [4.78, 5) is 0. The van der Waals surface area contributed by atoms with Crippen molar-refractivity contribution >= 4 is 11.0 Å². The Labute approximate surface area is 121 Å². The van der Waals surface area contributed by atoms with E-state index in [1.165, 1.54) is 10.9 Å². The molecule has 0 saturated carbocycles. The van der Waals surface area contributed by atoms with E-state index in [0.717, 1.165) is 37.2 Å². The highest BCUT2D eigenvalue weighted by molar-refractivity contribution is 5.82. The van der Waals surface area contributed by atoms with E-state index in [-0.39, 0.29) is 0 Å². The first-order valence-corrected chi connectivity index (χ1v) is 7.43. The van der Waals surface area contributed by atoms with Gasteiger partial charge in [0.2, 0.25) is 0 Å². The number of furan rings is 1. The Hall–Kier alpha value is -1.32. The Kier molecular flexibility index (Phi) is 4.84. The van der Waals surface area contributed by atoms with Gasteiger partial charge in [-0.2, -0.15) is 0 Å². The van der Waals surface area contributed by atoms with Crippen molar-refractivity contribution in [3.63, 3.8) is 0 Å². The standard InChI is InChI=1S/C17H25NO2/c1-4-5-9-16-14(11-18-12-17(2,3)19)13-8-6-7-10-15(13)20-16/h6-8,10,18-19H,4-5,9,11-12H2,1-3H3. The monoisotopic (exact) mass is 275 g/mol. The van der Waals surface area contributed by atoms with Gasteiger partial charge in [-0.3, -0.25) is 0 Å². The summed E-state index contributed by atoms with van der Waals surface area (Å²) >= 11 is 0. The largest absolute Gasteiger partial charge is 0.461 e. The van der Waals surface area contributed by atoms with Crippen LogP contribution in [0.25, 0.3) is 11.0 Å². The normalized spacial score (nSPS) is 12.2. The van der Waals surface area contributed by atoms with Gasteiger partial charge in [0.25, 0.3) is 0 Å². The minimum atomic E-state index is -0.691. The third kappa shape index (κ3) is 3.84. The van der Waals surface area contributed by atoms with Gasteiger partial charge in [-0.15, -0.1) is 0 Å². The SMILES string of the molecule is CCCCc1oc2ccccc2c1CNCC(C)(C)O. The highest BCUT2D eigenvalue weighted by Gasteiger charge is 2.15. The zero-order valence-corrected chi connectivity index (χ0v) is 12.7. The minimum Gasteiger partial charge on any atom is -0.461 e. The van der Waals surface area contributed by atoms with Crippen molar-refractivity contribution in [2.45, 2.75) is 52.2 Å². The molecule has 1 aromatic carbocycles. The van der Waals surface area contributed by atoms with Gasteiger partial charge in [0, 0.05) is 30.5 Å².